The second-order valence-corrected chi connectivity index (χ2v) is 3.53. The van der Waals surface area contributed by atoms with E-state index in [1.54, 1.807) is 4.90 Å². The Labute approximate surface area is 70.8 Å². The molecule has 2 fully saturated rings. The molecule has 0 unspecified atom stereocenters. The molecule has 68 valence electrons. The van der Waals surface area contributed by atoms with Crippen LogP contribution in [0.15, 0.2) is 0 Å². The van der Waals surface area contributed by atoms with Crippen molar-refractivity contribution in [1.82, 2.24) is 4.90 Å². The molecule has 0 saturated carbocycles. The van der Waals surface area contributed by atoms with Crippen molar-refractivity contribution in [1.29, 1.82) is 0 Å². The molecule has 2 rings (SSSR count). The average molecular weight is 171 g/mol. The van der Waals surface area contributed by atoms with Crippen LogP contribution in [0.4, 0.5) is 0 Å². The van der Waals surface area contributed by atoms with Crippen LogP contribution in [0, 0.1) is 5.92 Å². The van der Waals surface area contributed by atoms with Crippen LogP contribution >= 0.6 is 0 Å². The molecule has 2 N–H and O–H groups in total. The maximum atomic E-state index is 11.3. The van der Waals surface area contributed by atoms with E-state index in [0.717, 1.165) is 19.4 Å². The Kier molecular flexibility index (Phi) is 1.81. The highest BCUT2D eigenvalue weighted by atomic mass is 16.3. The van der Waals surface area contributed by atoms with Crippen molar-refractivity contribution in [3.63, 3.8) is 0 Å². The van der Waals surface area contributed by atoms with E-state index in [2.05, 4.69) is 0 Å². The minimum Gasteiger partial charge on any atom is -0.396 e. The second kappa shape index (κ2) is 2.71. The zero-order valence-electron chi connectivity index (χ0n) is 6.81. The lowest BCUT2D eigenvalue weighted by Gasteiger charge is -2.17. The Morgan fingerprint density at radius 2 is 2.33 bits per heavy atom. The van der Waals surface area contributed by atoms with Gasteiger partial charge in [-0.1, -0.05) is 0 Å². The fourth-order valence-corrected chi connectivity index (χ4v) is 2.30. The van der Waals surface area contributed by atoms with Crippen LogP contribution in [0.3, 0.4) is 0 Å². The van der Waals surface area contributed by atoms with Gasteiger partial charge in [-0.15, -0.1) is 0 Å². The van der Waals surface area contributed by atoms with Crippen molar-refractivity contribution in [2.45, 2.75) is 25.0 Å². The first kappa shape index (κ1) is 8.01. The summed E-state index contributed by atoms with van der Waals surface area (Å²) in [5, 5.41) is 18.4. The molecular formula is C8H13NO3. The standard InChI is InChI=1S/C8H13NO3/c10-4-5-6-2-1-3-9(6)8(12)7(5)11/h5-7,10-11H,1-4H2/t5-,6+,7-/m0/s1. The van der Waals surface area contributed by atoms with Crippen molar-refractivity contribution < 1.29 is 15.0 Å². The number of carbonyl (C=O) groups excluding carboxylic acids is 1. The van der Waals surface area contributed by atoms with Crippen LogP contribution in [0.25, 0.3) is 0 Å². The third-order valence-corrected chi connectivity index (χ3v) is 2.95. The van der Waals surface area contributed by atoms with Gasteiger partial charge in [0.15, 0.2) is 0 Å². The van der Waals surface area contributed by atoms with Gasteiger partial charge in [0.2, 0.25) is 0 Å². The molecule has 2 heterocycles. The van der Waals surface area contributed by atoms with Crippen molar-refractivity contribution in [3.05, 3.63) is 0 Å². The molecule has 0 aromatic heterocycles. The Balaban J connectivity index is 2.21. The summed E-state index contributed by atoms with van der Waals surface area (Å²) < 4.78 is 0. The van der Waals surface area contributed by atoms with E-state index in [4.69, 9.17) is 5.11 Å². The van der Waals surface area contributed by atoms with Gasteiger partial charge < -0.3 is 15.1 Å². The Morgan fingerprint density at radius 1 is 1.58 bits per heavy atom. The number of hydrogen-bond acceptors (Lipinski definition) is 3. The molecule has 0 bridgehead atoms. The van der Waals surface area contributed by atoms with Crippen molar-refractivity contribution in [3.8, 4) is 0 Å². The van der Waals surface area contributed by atoms with Crippen molar-refractivity contribution in [2.75, 3.05) is 13.2 Å². The normalized spacial score (nSPS) is 40.7. The van der Waals surface area contributed by atoms with E-state index >= 15 is 0 Å². The molecular weight excluding hydrogens is 158 g/mol. The zero-order valence-corrected chi connectivity index (χ0v) is 6.81. The van der Waals surface area contributed by atoms with Crippen LogP contribution in [-0.4, -0.2) is 46.3 Å². The monoisotopic (exact) mass is 171 g/mol. The average Bonchev–Trinajstić information content (AvgIpc) is 2.59. The molecule has 0 spiro atoms. The summed E-state index contributed by atoms with van der Waals surface area (Å²) in [5.74, 6) is -0.448. The van der Waals surface area contributed by atoms with E-state index in [1.807, 2.05) is 0 Å². The van der Waals surface area contributed by atoms with Gasteiger partial charge in [-0.05, 0) is 12.8 Å². The Morgan fingerprint density at radius 3 is 3.00 bits per heavy atom. The van der Waals surface area contributed by atoms with Crippen LogP contribution in [0.5, 0.6) is 0 Å². The molecule has 0 aromatic carbocycles. The quantitative estimate of drug-likeness (QED) is 0.530. The van der Waals surface area contributed by atoms with Crippen LogP contribution in [0.2, 0.25) is 0 Å². The van der Waals surface area contributed by atoms with Crippen LogP contribution in [0.1, 0.15) is 12.8 Å². The summed E-state index contributed by atoms with van der Waals surface area (Å²) >= 11 is 0. The summed E-state index contributed by atoms with van der Waals surface area (Å²) in [5.41, 5.74) is 0. The number of carbonyl (C=O) groups is 1. The Hall–Kier alpha value is -0.610. The third kappa shape index (κ3) is 0.881. The highest BCUT2D eigenvalue weighted by molar-refractivity contribution is 5.84. The number of hydrogen-bond donors (Lipinski definition) is 2. The van der Waals surface area contributed by atoms with Gasteiger partial charge in [-0.2, -0.15) is 0 Å². The molecule has 1 amide bonds. The summed E-state index contributed by atoms with van der Waals surface area (Å²) in [6, 6.07) is 0.0949. The van der Waals surface area contributed by atoms with Crippen molar-refractivity contribution in [2.24, 2.45) is 5.92 Å². The lowest BCUT2D eigenvalue weighted by atomic mass is 9.97. The summed E-state index contributed by atoms with van der Waals surface area (Å²) in [4.78, 5) is 13.0. The smallest absolute Gasteiger partial charge is 0.252 e. The summed E-state index contributed by atoms with van der Waals surface area (Å²) in [6.07, 6.45) is 0.966. The van der Waals surface area contributed by atoms with E-state index in [1.165, 1.54) is 0 Å². The first-order valence-corrected chi connectivity index (χ1v) is 4.35. The first-order chi connectivity index (χ1) is 5.75. The van der Waals surface area contributed by atoms with E-state index in [9.17, 15) is 9.90 Å². The number of amides is 1. The molecule has 0 aromatic rings. The number of aliphatic hydroxyl groups excluding tert-OH is 2. The van der Waals surface area contributed by atoms with Crippen LogP contribution < -0.4 is 0 Å². The van der Waals surface area contributed by atoms with Gasteiger partial charge in [-0.25, -0.2) is 0 Å². The molecule has 3 atom stereocenters. The molecule has 0 radical (unpaired) electrons. The minimum absolute atomic E-state index is 0.0892. The topological polar surface area (TPSA) is 60.8 Å². The largest absolute Gasteiger partial charge is 0.396 e. The van der Waals surface area contributed by atoms with Gasteiger partial charge in [0.1, 0.15) is 6.10 Å². The highest BCUT2D eigenvalue weighted by Crippen LogP contribution is 2.33. The maximum Gasteiger partial charge on any atom is 0.252 e. The predicted molar refractivity (Wildman–Crippen MR) is 41.3 cm³/mol. The molecule has 12 heavy (non-hydrogen) atoms. The van der Waals surface area contributed by atoms with E-state index in [-0.39, 0.29) is 24.5 Å². The fraction of sp³-hybridized carbons (Fsp3) is 0.875. The van der Waals surface area contributed by atoms with Gasteiger partial charge in [0.25, 0.3) is 5.91 Å². The number of fused-ring (bicyclic) bond motifs is 1. The molecule has 4 heteroatoms. The summed E-state index contributed by atoms with van der Waals surface area (Å²) in [7, 11) is 0. The highest BCUT2D eigenvalue weighted by Gasteiger charge is 2.48. The van der Waals surface area contributed by atoms with Gasteiger partial charge in [-0.3, -0.25) is 4.79 Å². The number of aliphatic hydroxyl groups is 2. The third-order valence-electron chi connectivity index (χ3n) is 2.95. The zero-order chi connectivity index (χ0) is 8.72. The first-order valence-electron chi connectivity index (χ1n) is 4.35. The lowest BCUT2D eigenvalue weighted by Crippen LogP contribution is -2.30. The molecule has 2 aliphatic heterocycles. The van der Waals surface area contributed by atoms with E-state index < -0.39 is 6.10 Å². The Bertz CT molecular complexity index is 206. The van der Waals surface area contributed by atoms with Gasteiger partial charge >= 0.3 is 0 Å². The second-order valence-electron chi connectivity index (χ2n) is 3.53. The lowest BCUT2D eigenvalue weighted by molar-refractivity contribution is -0.135. The molecule has 4 nitrogen and oxygen atoms in total. The SMILES string of the molecule is O=C1[C@@H](O)[C@@H](CO)[C@H]2CCCN12. The molecule has 2 saturated heterocycles. The van der Waals surface area contributed by atoms with Crippen LogP contribution in [-0.2, 0) is 4.79 Å². The fourth-order valence-electron chi connectivity index (χ4n) is 2.30. The van der Waals surface area contributed by atoms with Gasteiger partial charge in [0.05, 0.1) is 6.61 Å². The van der Waals surface area contributed by atoms with Crippen molar-refractivity contribution >= 4 is 5.91 Å². The summed E-state index contributed by atoms with van der Waals surface area (Å²) in [6.45, 7) is 0.658. The maximum absolute atomic E-state index is 11.3. The van der Waals surface area contributed by atoms with Gasteiger partial charge in [0, 0.05) is 18.5 Å². The molecule has 2 aliphatic rings. The number of nitrogens with zero attached hydrogens (tertiary/aromatic N) is 1. The molecule has 0 aliphatic carbocycles. The predicted octanol–water partition coefficient (Wildman–Crippen LogP) is -1.04. The minimum atomic E-state index is -0.958. The van der Waals surface area contributed by atoms with E-state index in [0.29, 0.717) is 0 Å². The number of rotatable bonds is 1.